The lowest BCUT2D eigenvalue weighted by Crippen LogP contribution is -2.44. The topological polar surface area (TPSA) is 54.2 Å². The van der Waals surface area contributed by atoms with Crippen molar-refractivity contribution in [2.24, 2.45) is 0 Å². The summed E-state index contributed by atoms with van der Waals surface area (Å²) in [7, 11) is 2.11. The van der Waals surface area contributed by atoms with Crippen molar-refractivity contribution in [2.75, 3.05) is 32.4 Å². The predicted octanol–water partition coefficient (Wildman–Crippen LogP) is 2.54. The summed E-state index contributed by atoms with van der Waals surface area (Å²) in [5.41, 5.74) is 0. The Morgan fingerprint density at radius 2 is 2.23 bits per heavy atom. The van der Waals surface area contributed by atoms with Crippen LogP contribution in [0.25, 0.3) is 0 Å². The molecule has 5 nitrogen and oxygen atoms in total. The third-order valence-corrected chi connectivity index (χ3v) is 5.20. The van der Waals surface area contributed by atoms with Gasteiger partial charge in [0.25, 0.3) is 0 Å². The van der Waals surface area contributed by atoms with Crippen LogP contribution >= 0.6 is 11.8 Å². The molecule has 0 radical (unpaired) electrons. The van der Waals surface area contributed by atoms with Crippen molar-refractivity contribution in [3.63, 3.8) is 0 Å². The molecule has 1 aliphatic heterocycles. The molecule has 3 rings (SSSR count). The van der Waals surface area contributed by atoms with Crippen LogP contribution in [0.2, 0.25) is 0 Å². The number of rotatable bonds is 5. The summed E-state index contributed by atoms with van der Waals surface area (Å²) in [5.74, 6) is 2.71. The van der Waals surface area contributed by atoms with Gasteiger partial charge in [-0.2, -0.15) is 4.98 Å². The fourth-order valence-electron chi connectivity index (χ4n) is 2.49. The second-order valence-electron chi connectivity index (χ2n) is 5.72. The summed E-state index contributed by atoms with van der Waals surface area (Å²) in [6.45, 7) is 5.04. The third-order valence-electron chi connectivity index (χ3n) is 3.93. The average molecular weight is 318 g/mol. The SMILES string of the molecule is CC(CSc1ccccc1)c1nc(C2CNCCN2C)no1. The van der Waals surface area contributed by atoms with Crippen molar-refractivity contribution in [3.05, 3.63) is 42.0 Å². The van der Waals surface area contributed by atoms with Gasteiger partial charge < -0.3 is 9.84 Å². The smallest absolute Gasteiger partial charge is 0.230 e. The van der Waals surface area contributed by atoms with E-state index in [1.807, 2.05) is 17.8 Å². The van der Waals surface area contributed by atoms with Crippen LogP contribution in [-0.2, 0) is 0 Å². The van der Waals surface area contributed by atoms with Crippen LogP contribution in [-0.4, -0.2) is 47.5 Å². The monoisotopic (exact) mass is 318 g/mol. The largest absolute Gasteiger partial charge is 0.339 e. The number of likely N-dealkylation sites (N-methyl/N-ethyl adjacent to an activating group) is 1. The van der Waals surface area contributed by atoms with Gasteiger partial charge in [-0.05, 0) is 19.2 Å². The van der Waals surface area contributed by atoms with E-state index >= 15 is 0 Å². The maximum Gasteiger partial charge on any atom is 0.230 e. The molecule has 0 aliphatic carbocycles. The van der Waals surface area contributed by atoms with E-state index in [4.69, 9.17) is 4.52 Å². The number of nitrogens with one attached hydrogen (secondary N) is 1. The molecular weight excluding hydrogens is 296 g/mol. The van der Waals surface area contributed by atoms with E-state index in [1.165, 1.54) is 4.90 Å². The number of hydrogen-bond donors (Lipinski definition) is 1. The molecule has 0 amide bonds. The Kier molecular flexibility index (Phi) is 5.12. The van der Waals surface area contributed by atoms with Crippen molar-refractivity contribution in [3.8, 4) is 0 Å². The molecule has 1 aliphatic rings. The van der Waals surface area contributed by atoms with E-state index < -0.39 is 0 Å². The van der Waals surface area contributed by atoms with E-state index in [2.05, 4.69) is 58.6 Å². The second kappa shape index (κ2) is 7.26. The molecule has 0 saturated carbocycles. The average Bonchev–Trinajstić information content (AvgIpc) is 3.04. The molecule has 1 fully saturated rings. The van der Waals surface area contributed by atoms with Gasteiger partial charge in [0.2, 0.25) is 5.89 Å². The zero-order valence-electron chi connectivity index (χ0n) is 13.0. The number of nitrogens with zero attached hydrogens (tertiary/aromatic N) is 3. The minimum Gasteiger partial charge on any atom is -0.339 e. The highest BCUT2D eigenvalue weighted by Gasteiger charge is 2.26. The highest BCUT2D eigenvalue weighted by Crippen LogP contribution is 2.26. The summed E-state index contributed by atoms with van der Waals surface area (Å²) < 4.78 is 5.49. The zero-order valence-corrected chi connectivity index (χ0v) is 13.8. The van der Waals surface area contributed by atoms with Gasteiger partial charge in [0.1, 0.15) is 0 Å². The first-order valence-corrected chi connectivity index (χ1v) is 8.65. The van der Waals surface area contributed by atoms with Crippen molar-refractivity contribution < 1.29 is 4.52 Å². The molecule has 1 saturated heterocycles. The van der Waals surface area contributed by atoms with E-state index in [0.717, 1.165) is 37.1 Å². The Hall–Kier alpha value is -1.37. The Morgan fingerprint density at radius 3 is 3.00 bits per heavy atom. The first-order valence-electron chi connectivity index (χ1n) is 7.66. The lowest BCUT2D eigenvalue weighted by molar-refractivity contribution is 0.190. The number of hydrogen-bond acceptors (Lipinski definition) is 6. The van der Waals surface area contributed by atoms with Crippen LogP contribution in [0.5, 0.6) is 0 Å². The quantitative estimate of drug-likeness (QED) is 0.855. The molecule has 118 valence electrons. The van der Waals surface area contributed by atoms with Crippen molar-refractivity contribution in [1.82, 2.24) is 20.4 Å². The molecule has 2 atom stereocenters. The normalized spacial score (nSPS) is 20.9. The minimum absolute atomic E-state index is 0.209. The molecule has 1 aromatic carbocycles. The lowest BCUT2D eigenvalue weighted by Gasteiger charge is -2.30. The molecule has 22 heavy (non-hydrogen) atoms. The van der Waals surface area contributed by atoms with Gasteiger partial charge >= 0.3 is 0 Å². The molecule has 2 aromatic rings. The zero-order chi connectivity index (χ0) is 15.4. The predicted molar refractivity (Wildman–Crippen MR) is 88.1 cm³/mol. The van der Waals surface area contributed by atoms with Crippen molar-refractivity contribution in [1.29, 1.82) is 0 Å². The second-order valence-corrected chi connectivity index (χ2v) is 6.81. The van der Waals surface area contributed by atoms with Gasteiger partial charge in [0.15, 0.2) is 5.82 Å². The summed E-state index contributed by atoms with van der Waals surface area (Å²) in [6, 6.07) is 10.6. The summed E-state index contributed by atoms with van der Waals surface area (Å²) in [5, 5.41) is 7.57. The van der Waals surface area contributed by atoms with Gasteiger partial charge in [0, 0.05) is 36.2 Å². The van der Waals surface area contributed by atoms with Gasteiger partial charge in [-0.25, -0.2) is 0 Å². The minimum atomic E-state index is 0.209. The number of aromatic nitrogens is 2. The standard InChI is InChI=1S/C16H22N4OS/c1-12(11-22-13-6-4-3-5-7-13)16-18-15(19-21-16)14-10-17-8-9-20(14)2/h3-7,12,14,17H,8-11H2,1-2H3. The molecule has 2 heterocycles. The maximum absolute atomic E-state index is 5.49. The van der Waals surface area contributed by atoms with Crippen LogP contribution in [0.4, 0.5) is 0 Å². The van der Waals surface area contributed by atoms with Gasteiger partial charge in [0.05, 0.1) is 6.04 Å². The van der Waals surface area contributed by atoms with Crippen molar-refractivity contribution in [2.45, 2.75) is 23.8 Å². The van der Waals surface area contributed by atoms with Crippen molar-refractivity contribution >= 4 is 11.8 Å². The maximum atomic E-state index is 5.49. The summed E-state index contributed by atoms with van der Waals surface area (Å²) in [4.78, 5) is 8.16. The van der Waals surface area contributed by atoms with Gasteiger partial charge in [-0.1, -0.05) is 30.3 Å². The first kappa shape index (κ1) is 15.5. The van der Waals surface area contributed by atoms with Crippen LogP contribution < -0.4 is 5.32 Å². The molecular formula is C16H22N4OS. The fourth-order valence-corrected chi connectivity index (χ4v) is 3.42. The fraction of sp³-hybridized carbons (Fsp3) is 0.500. The molecule has 2 unspecified atom stereocenters. The number of thioether (sulfide) groups is 1. The number of piperazine rings is 1. The Morgan fingerprint density at radius 1 is 1.41 bits per heavy atom. The van der Waals surface area contributed by atoms with Crippen LogP contribution in [0.15, 0.2) is 39.8 Å². The van der Waals surface area contributed by atoms with Gasteiger partial charge in [-0.3, -0.25) is 4.90 Å². The summed E-state index contributed by atoms with van der Waals surface area (Å²) in [6.07, 6.45) is 0. The molecule has 6 heteroatoms. The van der Waals surface area contributed by atoms with Gasteiger partial charge in [-0.15, -0.1) is 11.8 Å². The third kappa shape index (κ3) is 3.69. The Labute approximate surface area is 135 Å². The van der Waals surface area contributed by atoms with E-state index in [0.29, 0.717) is 0 Å². The first-order chi connectivity index (χ1) is 10.7. The highest BCUT2D eigenvalue weighted by molar-refractivity contribution is 7.99. The number of benzene rings is 1. The van der Waals surface area contributed by atoms with Crippen LogP contribution in [0, 0.1) is 0 Å². The Bertz CT molecular complexity index is 589. The molecule has 0 bridgehead atoms. The van der Waals surface area contributed by atoms with Crippen LogP contribution in [0.1, 0.15) is 30.6 Å². The van der Waals surface area contributed by atoms with E-state index in [1.54, 1.807) is 0 Å². The van der Waals surface area contributed by atoms with Crippen LogP contribution in [0.3, 0.4) is 0 Å². The highest BCUT2D eigenvalue weighted by atomic mass is 32.2. The van der Waals surface area contributed by atoms with E-state index in [9.17, 15) is 0 Å². The molecule has 0 spiro atoms. The Balaban J connectivity index is 1.60. The lowest BCUT2D eigenvalue weighted by atomic mass is 10.2. The van der Waals surface area contributed by atoms with E-state index in [-0.39, 0.29) is 12.0 Å². The summed E-state index contributed by atoms with van der Waals surface area (Å²) >= 11 is 1.82. The molecule has 1 aromatic heterocycles. The molecule has 1 N–H and O–H groups in total.